The van der Waals surface area contributed by atoms with Gasteiger partial charge in [-0.25, -0.2) is 9.78 Å². The number of carbonyl (C=O) groups is 1. The normalized spacial score (nSPS) is 22.8. The molecule has 0 bridgehead atoms. The van der Waals surface area contributed by atoms with Crippen molar-refractivity contribution in [3.05, 3.63) is 17.8 Å². The number of pyridine rings is 1. The van der Waals surface area contributed by atoms with E-state index in [0.717, 1.165) is 25.7 Å². The predicted octanol–water partition coefficient (Wildman–Crippen LogP) is 1.17. The molecule has 0 aromatic carbocycles. The highest BCUT2D eigenvalue weighted by Crippen LogP contribution is 2.24. The number of esters is 1. The molecule has 1 aliphatic carbocycles. The van der Waals surface area contributed by atoms with Crippen molar-refractivity contribution in [2.24, 2.45) is 0 Å². The number of methoxy groups -OCH3 is 1. The molecule has 0 spiro atoms. The molecule has 0 aliphatic heterocycles. The van der Waals surface area contributed by atoms with E-state index in [0.29, 0.717) is 17.1 Å². The molecule has 6 nitrogen and oxygen atoms in total. The number of aliphatic hydroxyl groups is 1. The third-order valence-electron chi connectivity index (χ3n) is 3.38. The second-order valence-electron chi connectivity index (χ2n) is 4.80. The fraction of sp³-hybridized carbons (Fsp3) is 0.538. The van der Waals surface area contributed by atoms with Gasteiger partial charge >= 0.3 is 5.97 Å². The number of rotatable bonds is 3. The van der Waals surface area contributed by atoms with Crippen LogP contribution in [-0.2, 0) is 4.74 Å². The van der Waals surface area contributed by atoms with Gasteiger partial charge in [-0.3, -0.25) is 0 Å². The predicted molar refractivity (Wildman–Crippen MR) is 71.9 cm³/mol. The van der Waals surface area contributed by atoms with E-state index >= 15 is 0 Å². The molecule has 1 aromatic heterocycles. The number of anilines is 2. The number of hydrogen-bond acceptors (Lipinski definition) is 6. The summed E-state index contributed by atoms with van der Waals surface area (Å²) in [6, 6.07) is 1.82. The Morgan fingerprint density at radius 3 is 2.74 bits per heavy atom. The largest absolute Gasteiger partial charge is 0.465 e. The maximum Gasteiger partial charge on any atom is 0.339 e. The lowest BCUT2D eigenvalue weighted by Crippen LogP contribution is -2.28. The van der Waals surface area contributed by atoms with Crippen molar-refractivity contribution in [2.75, 3.05) is 18.2 Å². The van der Waals surface area contributed by atoms with E-state index in [1.54, 1.807) is 6.07 Å². The van der Waals surface area contributed by atoms with Crippen LogP contribution in [0.15, 0.2) is 12.3 Å². The van der Waals surface area contributed by atoms with Gasteiger partial charge in [-0.15, -0.1) is 0 Å². The minimum atomic E-state index is -0.452. The van der Waals surface area contributed by atoms with Gasteiger partial charge < -0.3 is 20.9 Å². The summed E-state index contributed by atoms with van der Waals surface area (Å²) in [5, 5.41) is 12.7. The topological polar surface area (TPSA) is 97.5 Å². The van der Waals surface area contributed by atoms with E-state index in [4.69, 9.17) is 5.73 Å². The van der Waals surface area contributed by atoms with Gasteiger partial charge in [-0.05, 0) is 31.7 Å². The van der Waals surface area contributed by atoms with Crippen molar-refractivity contribution in [3.8, 4) is 0 Å². The Balaban J connectivity index is 2.03. The second-order valence-corrected chi connectivity index (χ2v) is 4.80. The SMILES string of the molecule is COC(=O)c1cnc(N[C@H]2CC[C@H](O)CC2)c(N)c1. The van der Waals surface area contributed by atoms with Gasteiger partial charge in [0.2, 0.25) is 0 Å². The van der Waals surface area contributed by atoms with Crippen LogP contribution in [0.5, 0.6) is 0 Å². The molecule has 1 heterocycles. The fourth-order valence-corrected chi connectivity index (χ4v) is 2.25. The number of aromatic nitrogens is 1. The summed E-state index contributed by atoms with van der Waals surface area (Å²) >= 11 is 0. The summed E-state index contributed by atoms with van der Waals surface area (Å²) in [6.45, 7) is 0. The summed E-state index contributed by atoms with van der Waals surface area (Å²) < 4.78 is 4.61. The lowest BCUT2D eigenvalue weighted by Gasteiger charge is -2.27. The Morgan fingerprint density at radius 1 is 1.47 bits per heavy atom. The number of ether oxygens (including phenoxy) is 1. The zero-order valence-electron chi connectivity index (χ0n) is 10.9. The Labute approximate surface area is 112 Å². The number of nitrogens with two attached hydrogens (primary N) is 1. The van der Waals surface area contributed by atoms with Crippen LogP contribution >= 0.6 is 0 Å². The highest BCUT2D eigenvalue weighted by atomic mass is 16.5. The van der Waals surface area contributed by atoms with Crippen LogP contribution in [-0.4, -0.2) is 35.3 Å². The van der Waals surface area contributed by atoms with Crippen molar-refractivity contribution >= 4 is 17.5 Å². The van der Waals surface area contributed by atoms with Crippen LogP contribution in [0, 0.1) is 0 Å². The van der Waals surface area contributed by atoms with E-state index in [-0.39, 0.29) is 12.1 Å². The van der Waals surface area contributed by atoms with Crippen molar-refractivity contribution in [1.82, 2.24) is 4.98 Å². The first-order valence-electron chi connectivity index (χ1n) is 6.38. The average Bonchev–Trinajstić information content (AvgIpc) is 2.42. The first-order chi connectivity index (χ1) is 9.10. The van der Waals surface area contributed by atoms with Gasteiger partial charge in [0.15, 0.2) is 0 Å². The van der Waals surface area contributed by atoms with E-state index in [1.165, 1.54) is 13.3 Å². The molecular formula is C13H19N3O3. The summed E-state index contributed by atoms with van der Waals surface area (Å²) in [7, 11) is 1.32. The molecule has 1 aromatic rings. The van der Waals surface area contributed by atoms with Crippen LogP contribution in [0.4, 0.5) is 11.5 Å². The molecule has 1 saturated carbocycles. The minimum Gasteiger partial charge on any atom is -0.465 e. The molecule has 6 heteroatoms. The van der Waals surface area contributed by atoms with Crippen LogP contribution in [0.3, 0.4) is 0 Å². The molecule has 0 radical (unpaired) electrons. The molecule has 4 N–H and O–H groups in total. The molecule has 1 aliphatic rings. The van der Waals surface area contributed by atoms with Gasteiger partial charge in [-0.1, -0.05) is 0 Å². The van der Waals surface area contributed by atoms with Gasteiger partial charge in [0.05, 0.1) is 24.5 Å². The monoisotopic (exact) mass is 265 g/mol. The van der Waals surface area contributed by atoms with Gasteiger partial charge in [0, 0.05) is 12.2 Å². The van der Waals surface area contributed by atoms with Gasteiger partial charge in [0.25, 0.3) is 0 Å². The highest BCUT2D eigenvalue weighted by molar-refractivity contribution is 5.90. The number of nitrogens with zero attached hydrogens (tertiary/aromatic N) is 1. The van der Waals surface area contributed by atoms with E-state index < -0.39 is 5.97 Å². The van der Waals surface area contributed by atoms with E-state index in [1.807, 2.05) is 0 Å². The molecule has 0 amide bonds. The summed E-state index contributed by atoms with van der Waals surface area (Å²) in [4.78, 5) is 15.5. The summed E-state index contributed by atoms with van der Waals surface area (Å²) in [5.74, 6) is 0.126. The molecule has 19 heavy (non-hydrogen) atoms. The molecule has 1 fully saturated rings. The third kappa shape index (κ3) is 3.35. The number of hydrogen-bond donors (Lipinski definition) is 3. The highest BCUT2D eigenvalue weighted by Gasteiger charge is 2.20. The molecule has 104 valence electrons. The van der Waals surface area contributed by atoms with Crippen molar-refractivity contribution in [1.29, 1.82) is 0 Å². The zero-order valence-corrected chi connectivity index (χ0v) is 10.9. The first-order valence-corrected chi connectivity index (χ1v) is 6.38. The van der Waals surface area contributed by atoms with E-state index in [9.17, 15) is 9.90 Å². The third-order valence-corrected chi connectivity index (χ3v) is 3.38. The Kier molecular flexibility index (Phi) is 4.21. The minimum absolute atomic E-state index is 0.190. The van der Waals surface area contributed by atoms with E-state index in [2.05, 4.69) is 15.0 Å². The van der Waals surface area contributed by atoms with Crippen LogP contribution in [0.2, 0.25) is 0 Å². The molecule has 2 rings (SSSR count). The first kappa shape index (κ1) is 13.6. The number of nitrogen functional groups attached to an aromatic ring is 1. The lowest BCUT2D eigenvalue weighted by atomic mass is 9.93. The summed E-state index contributed by atoms with van der Waals surface area (Å²) in [6.07, 6.45) is 4.62. The lowest BCUT2D eigenvalue weighted by molar-refractivity contribution is 0.0600. The Bertz CT molecular complexity index is 456. The van der Waals surface area contributed by atoms with Crippen LogP contribution in [0.25, 0.3) is 0 Å². The number of aliphatic hydroxyl groups excluding tert-OH is 1. The van der Waals surface area contributed by atoms with Crippen molar-refractivity contribution in [2.45, 2.75) is 37.8 Å². The Hall–Kier alpha value is -1.82. The maximum absolute atomic E-state index is 11.3. The van der Waals surface area contributed by atoms with Gasteiger partial charge in [0.1, 0.15) is 5.82 Å². The smallest absolute Gasteiger partial charge is 0.339 e. The molecular weight excluding hydrogens is 246 g/mol. The number of carbonyl (C=O) groups excluding carboxylic acids is 1. The summed E-state index contributed by atoms with van der Waals surface area (Å²) in [5.41, 5.74) is 6.64. The maximum atomic E-state index is 11.3. The molecule has 0 unspecified atom stereocenters. The van der Waals surface area contributed by atoms with Crippen molar-refractivity contribution in [3.63, 3.8) is 0 Å². The fourth-order valence-electron chi connectivity index (χ4n) is 2.25. The Morgan fingerprint density at radius 2 is 2.16 bits per heavy atom. The zero-order chi connectivity index (χ0) is 13.8. The molecule has 0 saturated heterocycles. The second kappa shape index (κ2) is 5.88. The van der Waals surface area contributed by atoms with Gasteiger partial charge in [-0.2, -0.15) is 0 Å². The standard InChI is InChI=1S/C13H19N3O3/c1-19-13(18)8-6-11(14)12(15-7-8)16-9-2-4-10(17)5-3-9/h6-7,9-10,17H,2-5,14H2,1H3,(H,15,16)/t9-,10-. The van der Waals surface area contributed by atoms with Crippen LogP contribution in [0.1, 0.15) is 36.0 Å². The van der Waals surface area contributed by atoms with Crippen LogP contribution < -0.4 is 11.1 Å². The molecule has 0 atom stereocenters. The van der Waals surface area contributed by atoms with Crippen molar-refractivity contribution < 1.29 is 14.6 Å². The number of nitrogens with one attached hydrogen (secondary N) is 1. The quantitative estimate of drug-likeness (QED) is 0.710. The average molecular weight is 265 g/mol.